The lowest BCUT2D eigenvalue weighted by Gasteiger charge is -2.38. The Bertz CT molecular complexity index is 305. The van der Waals surface area contributed by atoms with Crippen molar-refractivity contribution in [3.63, 3.8) is 0 Å². The summed E-state index contributed by atoms with van der Waals surface area (Å²) in [6.07, 6.45) is 1.02. The van der Waals surface area contributed by atoms with Gasteiger partial charge in [-0.05, 0) is 25.1 Å². The second-order valence-electron chi connectivity index (χ2n) is 5.69. The Morgan fingerprint density at radius 2 is 1.82 bits per heavy atom. The van der Waals surface area contributed by atoms with E-state index in [0.717, 1.165) is 0 Å². The maximum absolute atomic E-state index is 11.3. The average Bonchev–Trinajstić information content (AvgIpc) is 2.10. The first kappa shape index (κ1) is 16.2. The van der Waals surface area contributed by atoms with E-state index in [1.54, 1.807) is 0 Å². The molecule has 0 spiro atoms. The van der Waals surface area contributed by atoms with Crippen LogP contribution in [0.2, 0.25) is 18.1 Å². The molecule has 0 rings (SSSR count). The topological polar surface area (TPSA) is 61.5 Å². The molecular weight excluding hydrogens is 234 g/mol. The molecule has 0 saturated heterocycles. The van der Waals surface area contributed by atoms with Crippen molar-refractivity contribution < 1.29 is 14.0 Å². The Labute approximate surface area is 105 Å². The van der Waals surface area contributed by atoms with Crippen molar-refractivity contribution in [2.45, 2.75) is 51.9 Å². The number of rotatable bonds is 5. The molecule has 0 aromatic carbocycles. The lowest BCUT2D eigenvalue weighted by Crippen LogP contribution is -2.44. The van der Waals surface area contributed by atoms with Crippen LogP contribution in [0.4, 0.5) is 0 Å². The number of primary amides is 1. The molecule has 1 amide bonds. The first-order valence-electron chi connectivity index (χ1n) is 5.73. The quantitative estimate of drug-likeness (QED) is 0.468. The smallest absolute Gasteiger partial charge is 0.250 e. The summed E-state index contributed by atoms with van der Waals surface area (Å²) in [6, 6.07) is 0. The van der Waals surface area contributed by atoms with Crippen LogP contribution in [-0.2, 0) is 14.0 Å². The second-order valence-corrected chi connectivity index (χ2v) is 10.4. The van der Waals surface area contributed by atoms with E-state index in [0.29, 0.717) is 5.57 Å². The predicted octanol–water partition coefficient (Wildman–Crippen LogP) is 2.41. The number of carbonyl (C=O) groups is 1. The molecule has 5 heteroatoms. The predicted molar refractivity (Wildman–Crippen MR) is 72.0 cm³/mol. The van der Waals surface area contributed by atoms with E-state index in [1.165, 1.54) is 13.4 Å². The van der Waals surface area contributed by atoms with Crippen molar-refractivity contribution in [1.29, 1.82) is 0 Å². The molecule has 0 aliphatic carbocycles. The fourth-order valence-electron chi connectivity index (χ4n) is 1.16. The molecule has 0 unspecified atom stereocenters. The van der Waals surface area contributed by atoms with Crippen molar-refractivity contribution in [3.05, 3.63) is 11.8 Å². The normalized spacial score (nSPS) is 15.6. The van der Waals surface area contributed by atoms with Crippen molar-refractivity contribution in [3.8, 4) is 0 Å². The SMILES string of the molecule is CO/C=C(/C(N)=O)[C@@H](C)O[Si](C)(C)C(C)(C)C. The molecule has 2 N–H and O–H groups in total. The first-order chi connectivity index (χ1) is 7.53. The van der Waals surface area contributed by atoms with Gasteiger partial charge in [-0.15, -0.1) is 0 Å². The van der Waals surface area contributed by atoms with Gasteiger partial charge in [0.2, 0.25) is 5.91 Å². The minimum Gasteiger partial charge on any atom is -0.504 e. The maximum atomic E-state index is 11.3. The van der Waals surface area contributed by atoms with Crippen LogP contribution in [0.15, 0.2) is 11.8 Å². The molecule has 0 aromatic rings. The van der Waals surface area contributed by atoms with E-state index in [9.17, 15) is 4.79 Å². The molecule has 4 nitrogen and oxygen atoms in total. The number of ether oxygens (including phenoxy) is 1. The molecule has 0 bridgehead atoms. The van der Waals surface area contributed by atoms with Crippen LogP contribution in [0, 0.1) is 0 Å². The lowest BCUT2D eigenvalue weighted by molar-refractivity contribution is -0.115. The fourth-order valence-corrected chi connectivity index (χ4v) is 2.53. The monoisotopic (exact) mass is 259 g/mol. The zero-order chi connectivity index (χ0) is 13.9. The summed E-state index contributed by atoms with van der Waals surface area (Å²) in [5.74, 6) is -0.502. The summed E-state index contributed by atoms with van der Waals surface area (Å²) in [6.45, 7) is 12.5. The van der Waals surface area contributed by atoms with Gasteiger partial charge in [0.1, 0.15) is 0 Å². The van der Waals surface area contributed by atoms with Gasteiger partial charge in [0, 0.05) is 0 Å². The number of nitrogens with two attached hydrogens (primary N) is 1. The van der Waals surface area contributed by atoms with Gasteiger partial charge >= 0.3 is 0 Å². The van der Waals surface area contributed by atoms with Gasteiger partial charge in [0.25, 0.3) is 0 Å². The van der Waals surface area contributed by atoms with Crippen LogP contribution in [0.1, 0.15) is 27.7 Å². The molecule has 0 radical (unpaired) electrons. The van der Waals surface area contributed by atoms with Crippen LogP contribution in [0.5, 0.6) is 0 Å². The van der Waals surface area contributed by atoms with Gasteiger partial charge in [-0.3, -0.25) is 4.79 Å². The minimum absolute atomic E-state index is 0.0943. The highest BCUT2D eigenvalue weighted by Gasteiger charge is 2.39. The third kappa shape index (κ3) is 4.51. The molecule has 1 atom stereocenters. The Morgan fingerprint density at radius 3 is 2.12 bits per heavy atom. The van der Waals surface area contributed by atoms with Crippen LogP contribution < -0.4 is 5.73 Å². The highest BCUT2D eigenvalue weighted by Crippen LogP contribution is 2.37. The Kier molecular flexibility index (Phi) is 5.41. The summed E-state index contributed by atoms with van der Waals surface area (Å²) in [5.41, 5.74) is 5.67. The number of carbonyl (C=O) groups excluding carboxylic acids is 1. The molecule has 0 heterocycles. The van der Waals surface area contributed by atoms with Crippen molar-refractivity contribution in [2.75, 3.05) is 7.11 Å². The maximum Gasteiger partial charge on any atom is 0.250 e. The van der Waals surface area contributed by atoms with Gasteiger partial charge in [0.15, 0.2) is 8.32 Å². The summed E-state index contributed by atoms with van der Waals surface area (Å²) < 4.78 is 10.9. The third-order valence-electron chi connectivity index (χ3n) is 3.24. The van der Waals surface area contributed by atoms with Gasteiger partial charge < -0.3 is 14.9 Å². The molecular formula is C12H25NO3Si. The van der Waals surface area contributed by atoms with E-state index < -0.39 is 14.2 Å². The molecule has 0 aromatic heterocycles. The molecule has 0 aliphatic heterocycles. The number of amides is 1. The average molecular weight is 259 g/mol. The van der Waals surface area contributed by atoms with E-state index >= 15 is 0 Å². The first-order valence-corrected chi connectivity index (χ1v) is 8.64. The zero-order valence-corrected chi connectivity index (χ0v) is 13.0. The van der Waals surface area contributed by atoms with E-state index in [-0.39, 0.29) is 11.1 Å². The van der Waals surface area contributed by atoms with Crippen LogP contribution >= 0.6 is 0 Å². The van der Waals surface area contributed by atoms with E-state index in [2.05, 4.69) is 33.9 Å². The van der Waals surface area contributed by atoms with E-state index in [1.807, 2.05) is 6.92 Å². The van der Waals surface area contributed by atoms with Crippen molar-refractivity contribution >= 4 is 14.2 Å². The Hall–Kier alpha value is -0.813. The summed E-state index contributed by atoms with van der Waals surface area (Å²) >= 11 is 0. The second kappa shape index (κ2) is 5.69. The molecule has 100 valence electrons. The number of hydrogen-bond acceptors (Lipinski definition) is 3. The lowest BCUT2D eigenvalue weighted by atomic mass is 10.2. The van der Waals surface area contributed by atoms with Crippen LogP contribution in [0.25, 0.3) is 0 Å². The van der Waals surface area contributed by atoms with Gasteiger partial charge in [-0.2, -0.15) is 0 Å². The third-order valence-corrected chi connectivity index (χ3v) is 7.80. The van der Waals surface area contributed by atoms with Crippen molar-refractivity contribution in [1.82, 2.24) is 0 Å². The number of hydrogen-bond donors (Lipinski definition) is 1. The highest BCUT2D eigenvalue weighted by atomic mass is 28.4. The fraction of sp³-hybridized carbons (Fsp3) is 0.750. The standard InChI is InChI=1S/C12H25NO3Si/c1-9(10(8-15-5)11(13)14)16-17(6,7)12(2,3)4/h8-9H,1-7H3,(H2,13,14)/b10-8+/t9-/m1/s1. The number of methoxy groups -OCH3 is 1. The molecule has 17 heavy (non-hydrogen) atoms. The summed E-state index contributed by atoms with van der Waals surface area (Å²) in [4.78, 5) is 11.3. The van der Waals surface area contributed by atoms with Crippen molar-refractivity contribution in [2.24, 2.45) is 5.73 Å². The largest absolute Gasteiger partial charge is 0.504 e. The summed E-state index contributed by atoms with van der Waals surface area (Å²) in [5, 5.41) is 0.0943. The minimum atomic E-state index is -1.91. The zero-order valence-electron chi connectivity index (χ0n) is 12.0. The summed E-state index contributed by atoms with van der Waals surface area (Å²) in [7, 11) is -0.422. The molecule has 0 aliphatic rings. The Balaban J connectivity index is 4.91. The Morgan fingerprint density at radius 1 is 1.35 bits per heavy atom. The van der Waals surface area contributed by atoms with Gasteiger partial charge in [-0.25, -0.2) is 0 Å². The molecule has 0 saturated carbocycles. The van der Waals surface area contributed by atoms with Gasteiger partial charge in [0.05, 0.1) is 25.0 Å². The van der Waals surface area contributed by atoms with Crippen LogP contribution in [0.3, 0.4) is 0 Å². The van der Waals surface area contributed by atoms with Crippen LogP contribution in [-0.4, -0.2) is 27.4 Å². The van der Waals surface area contributed by atoms with Gasteiger partial charge in [-0.1, -0.05) is 20.8 Å². The highest BCUT2D eigenvalue weighted by molar-refractivity contribution is 6.74. The van der Waals surface area contributed by atoms with E-state index in [4.69, 9.17) is 14.9 Å². The molecule has 0 fully saturated rings.